The van der Waals surface area contributed by atoms with E-state index in [2.05, 4.69) is 20.6 Å². The van der Waals surface area contributed by atoms with E-state index in [0.717, 1.165) is 5.39 Å². The number of rotatable bonds is 3. The van der Waals surface area contributed by atoms with Gasteiger partial charge in [0.1, 0.15) is 5.69 Å². The normalized spacial score (nSPS) is 11.2. The summed E-state index contributed by atoms with van der Waals surface area (Å²) in [5.74, 6) is -0.0591. The molecule has 3 heterocycles. The van der Waals surface area contributed by atoms with Gasteiger partial charge in [-0.25, -0.2) is 4.52 Å². The van der Waals surface area contributed by atoms with E-state index in [1.165, 1.54) is 4.52 Å². The highest BCUT2D eigenvalue weighted by atomic mass is 35.5. The van der Waals surface area contributed by atoms with Crippen LogP contribution in [-0.2, 0) is 11.2 Å². The highest BCUT2D eigenvalue weighted by Crippen LogP contribution is 2.18. The Labute approximate surface area is 134 Å². The van der Waals surface area contributed by atoms with E-state index in [1.54, 1.807) is 24.4 Å². The zero-order chi connectivity index (χ0) is 15.8. The predicted molar refractivity (Wildman–Crippen MR) is 84.3 cm³/mol. The van der Waals surface area contributed by atoms with Crippen molar-refractivity contribution in [3.8, 4) is 0 Å². The molecule has 0 saturated carbocycles. The SMILES string of the molecule is O=C(Cc1noc2ccccc12)Nc1nc2ccc(Cl)cn2n1. The molecule has 0 bridgehead atoms. The molecule has 0 fully saturated rings. The van der Waals surface area contributed by atoms with E-state index in [1.807, 2.05) is 18.2 Å². The van der Waals surface area contributed by atoms with Crippen molar-refractivity contribution in [3.05, 3.63) is 53.3 Å². The molecule has 1 aromatic carbocycles. The third-order valence-corrected chi connectivity index (χ3v) is 3.55. The maximum absolute atomic E-state index is 12.2. The maximum Gasteiger partial charge on any atom is 0.249 e. The second-order valence-corrected chi connectivity index (χ2v) is 5.37. The van der Waals surface area contributed by atoms with Crippen molar-refractivity contribution in [2.45, 2.75) is 6.42 Å². The monoisotopic (exact) mass is 327 g/mol. The number of benzene rings is 1. The number of pyridine rings is 1. The number of anilines is 1. The van der Waals surface area contributed by atoms with Gasteiger partial charge in [-0.05, 0) is 24.3 Å². The molecule has 7 nitrogen and oxygen atoms in total. The smallest absolute Gasteiger partial charge is 0.249 e. The van der Waals surface area contributed by atoms with Gasteiger partial charge in [-0.1, -0.05) is 28.9 Å². The first-order valence-electron chi connectivity index (χ1n) is 6.84. The Morgan fingerprint density at radius 3 is 3.04 bits per heavy atom. The molecule has 8 heteroatoms. The van der Waals surface area contributed by atoms with Crippen molar-refractivity contribution in [2.24, 2.45) is 0 Å². The van der Waals surface area contributed by atoms with Crippen molar-refractivity contribution in [1.29, 1.82) is 0 Å². The van der Waals surface area contributed by atoms with Crippen molar-refractivity contribution in [3.63, 3.8) is 0 Å². The highest BCUT2D eigenvalue weighted by molar-refractivity contribution is 6.30. The summed E-state index contributed by atoms with van der Waals surface area (Å²) in [6.07, 6.45) is 1.69. The average Bonchev–Trinajstić information content (AvgIpc) is 3.11. The van der Waals surface area contributed by atoms with Crippen LogP contribution in [0.25, 0.3) is 16.6 Å². The Bertz CT molecular complexity index is 1020. The minimum Gasteiger partial charge on any atom is -0.356 e. The zero-order valence-electron chi connectivity index (χ0n) is 11.7. The molecule has 23 heavy (non-hydrogen) atoms. The summed E-state index contributed by atoms with van der Waals surface area (Å²) in [6, 6.07) is 10.8. The Hall–Kier alpha value is -2.93. The molecule has 0 aliphatic carbocycles. The number of hydrogen-bond donors (Lipinski definition) is 1. The fraction of sp³-hybridized carbons (Fsp3) is 0.0667. The lowest BCUT2D eigenvalue weighted by molar-refractivity contribution is -0.115. The van der Waals surface area contributed by atoms with E-state index in [-0.39, 0.29) is 18.3 Å². The summed E-state index contributed by atoms with van der Waals surface area (Å²) < 4.78 is 6.68. The molecule has 1 N–H and O–H groups in total. The zero-order valence-corrected chi connectivity index (χ0v) is 12.5. The summed E-state index contributed by atoms with van der Waals surface area (Å²) in [7, 11) is 0. The molecule has 4 aromatic rings. The number of nitrogens with zero attached hydrogens (tertiary/aromatic N) is 4. The summed E-state index contributed by atoms with van der Waals surface area (Å²) >= 11 is 5.89. The number of carbonyl (C=O) groups is 1. The molecule has 0 spiro atoms. The third kappa shape index (κ3) is 2.62. The van der Waals surface area contributed by atoms with Gasteiger partial charge in [-0.3, -0.25) is 10.1 Å². The van der Waals surface area contributed by atoms with Crippen LogP contribution in [0.3, 0.4) is 0 Å². The first-order chi connectivity index (χ1) is 11.2. The second-order valence-electron chi connectivity index (χ2n) is 4.94. The van der Waals surface area contributed by atoms with Crippen LogP contribution in [0.15, 0.2) is 47.1 Å². The quantitative estimate of drug-likeness (QED) is 0.625. The highest BCUT2D eigenvalue weighted by Gasteiger charge is 2.14. The minimum absolute atomic E-state index is 0.0767. The Kier molecular flexibility index (Phi) is 3.20. The van der Waals surface area contributed by atoms with Gasteiger partial charge in [-0.2, -0.15) is 4.98 Å². The summed E-state index contributed by atoms with van der Waals surface area (Å²) in [5, 5.41) is 12.1. The molecule has 1 amide bonds. The Balaban J connectivity index is 1.54. The molecule has 0 saturated heterocycles. The number of nitrogens with one attached hydrogen (secondary N) is 1. The van der Waals surface area contributed by atoms with Gasteiger partial charge in [0.15, 0.2) is 11.2 Å². The molecule has 0 radical (unpaired) electrons. The number of para-hydroxylation sites is 1. The van der Waals surface area contributed by atoms with E-state index < -0.39 is 0 Å². The minimum atomic E-state index is -0.272. The molecule has 114 valence electrons. The van der Waals surface area contributed by atoms with Gasteiger partial charge in [0.2, 0.25) is 11.9 Å². The average molecular weight is 328 g/mol. The van der Waals surface area contributed by atoms with Crippen LogP contribution < -0.4 is 5.32 Å². The maximum atomic E-state index is 12.2. The lowest BCUT2D eigenvalue weighted by Crippen LogP contribution is -2.15. The second kappa shape index (κ2) is 5.36. The number of fused-ring (bicyclic) bond motifs is 2. The molecule has 4 rings (SSSR count). The fourth-order valence-electron chi connectivity index (χ4n) is 2.30. The standard InChI is InChI=1S/C15H10ClN5O2/c16-9-5-6-13-17-15(19-21(13)8-9)18-14(22)7-11-10-3-1-2-4-12(10)23-20-11/h1-6,8H,7H2,(H,18,19,22). The van der Waals surface area contributed by atoms with Gasteiger partial charge < -0.3 is 4.52 Å². The van der Waals surface area contributed by atoms with Crippen LogP contribution in [0.4, 0.5) is 5.95 Å². The molecule has 0 aliphatic rings. The Morgan fingerprint density at radius 1 is 1.26 bits per heavy atom. The van der Waals surface area contributed by atoms with Gasteiger partial charge in [0.25, 0.3) is 0 Å². The lowest BCUT2D eigenvalue weighted by atomic mass is 10.2. The van der Waals surface area contributed by atoms with Gasteiger partial charge >= 0.3 is 0 Å². The van der Waals surface area contributed by atoms with Crippen LogP contribution in [0.1, 0.15) is 5.69 Å². The van der Waals surface area contributed by atoms with E-state index >= 15 is 0 Å². The molecule has 0 atom stereocenters. The molecular weight excluding hydrogens is 318 g/mol. The fourth-order valence-corrected chi connectivity index (χ4v) is 2.45. The third-order valence-electron chi connectivity index (χ3n) is 3.33. The number of halogens is 1. The van der Waals surface area contributed by atoms with Gasteiger partial charge in [0, 0.05) is 11.6 Å². The topological polar surface area (TPSA) is 85.3 Å². The van der Waals surface area contributed by atoms with Crippen molar-refractivity contribution < 1.29 is 9.32 Å². The molecule has 0 aliphatic heterocycles. The largest absolute Gasteiger partial charge is 0.356 e. The van der Waals surface area contributed by atoms with Crippen LogP contribution in [0.2, 0.25) is 5.02 Å². The lowest BCUT2D eigenvalue weighted by Gasteiger charge is -1.98. The summed E-state index contributed by atoms with van der Waals surface area (Å²) in [6.45, 7) is 0. The first kappa shape index (κ1) is 13.7. The number of carbonyl (C=O) groups excluding carboxylic acids is 1. The van der Waals surface area contributed by atoms with Crippen LogP contribution in [0.5, 0.6) is 0 Å². The van der Waals surface area contributed by atoms with Crippen molar-refractivity contribution in [2.75, 3.05) is 5.32 Å². The Morgan fingerprint density at radius 2 is 2.13 bits per heavy atom. The number of aromatic nitrogens is 4. The van der Waals surface area contributed by atoms with Gasteiger partial charge in [0.05, 0.1) is 11.4 Å². The summed E-state index contributed by atoms with van der Waals surface area (Å²) in [4.78, 5) is 16.4. The van der Waals surface area contributed by atoms with Crippen LogP contribution >= 0.6 is 11.6 Å². The number of hydrogen-bond acceptors (Lipinski definition) is 5. The van der Waals surface area contributed by atoms with E-state index in [0.29, 0.717) is 21.9 Å². The van der Waals surface area contributed by atoms with Gasteiger partial charge in [-0.15, -0.1) is 5.10 Å². The van der Waals surface area contributed by atoms with E-state index in [9.17, 15) is 4.79 Å². The predicted octanol–water partition coefficient (Wildman–Crippen LogP) is 2.71. The van der Waals surface area contributed by atoms with Crippen LogP contribution in [-0.4, -0.2) is 25.7 Å². The van der Waals surface area contributed by atoms with E-state index in [4.69, 9.17) is 16.1 Å². The molecular formula is C15H10ClN5O2. The van der Waals surface area contributed by atoms with Crippen LogP contribution in [0, 0.1) is 0 Å². The van der Waals surface area contributed by atoms with Crippen molar-refractivity contribution >= 4 is 40.1 Å². The number of amides is 1. The molecule has 0 unspecified atom stereocenters. The first-order valence-corrected chi connectivity index (χ1v) is 7.22. The molecule has 3 aromatic heterocycles. The summed E-state index contributed by atoms with van der Waals surface area (Å²) in [5.41, 5.74) is 1.82. The van der Waals surface area contributed by atoms with Crippen molar-refractivity contribution in [1.82, 2.24) is 19.8 Å².